The average molecular weight is 277 g/mol. The summed E-state index contributed by atoms with van der Waals surface area (Å²) in [5.74, 6) is 0. The fourth-order valence-electron chi connectivity index (χ4n) is 2.12. The molecule has 1 aromatic heterocycles. The van der Waals surface area contributed by atoms with E-state index in [9.17, 15) is 0 Å². The predicted molar refractivity (Wildman–Crippen MR) is 91.4 cm³/mol. The number of allylic oxidation sites excluding steroid dienone is 4. The van der Waals surface area contributed by atoms with E-state index in [0.717, 1.165) is 17.8 Å². The van der Waals surface area contributed by atoms with Gasteiger partial charge in [-0.25, -0.2) is 0 Å². The van der Waals surface area contributed by atoms with Gasteiger partial charge in [0.1, 0.15) is 0 Å². The quantitative estimate of drug-likeness (QED) is 0.679. The molecule has 1 heterocycles. The van der Waals surface area contributed by atoms with Crippen LogP contribution in [0.3, 0.4) is 0 Å². The van der Waals surface area contributed by atoms with Crippen molar-refractivity contribution in [1.29, 1.82) is 0 Å². The summed E-state index contributed by atoms with van der Waals surface area (Å²) in [6.07, 6.45) is 7.28. The second-order valence-corrected chi connectivity index (χ2v) is 5.45. The molecule has 1 nitrogen and oxygen atoms in total. The van der Waals surface area contributed by atoms with Crippen molar-refractivity contribution in [3.63, 3.8) is 0 Å². The van der Waals surface area contributed by atoms with Crippen molar-refractivity contribution in [3.05, 3.63) is 77.0 Å². The molecule has 0 aliphatic rings. The van der Waals surface area contributed by atoms with Crippen molar-refractivity contribution in [2.45, 2.75) is 34.1 Å². The Morgan fingerprint density at radius 1 is 1.10 bits per heavy atom. The van der Waals surface area contributed by atoms with E-state index in [1.54, 1.807) is 0 Å². The topological polar surface area (TPSA) is 12.9 Å². The van der Waals surface area contributed by atoms with Gasteiger partial charge >= 0.3 is 0 Å². The van der Waals surface area contributed by atoms with E-state index in [2.05, 4.69) is 82.3 Å². The number of rotatable bonds is 4. The number of aryl methyl sites for hydroxylation is 2. The third-order valence-corrected chi connectivity index (χ3v) is 3.77. The van der Waals surface area contributed by atoms with Gasteiger partial charge in [0.15, 0.2) is 0 Å². The summed E-state index contributed by atoms with van der Waals surface area (Å²) in [5.41, 5.74) is 7.24. The minimum Gasteiger partial charge on any atom is -0.253 e. The maximum absolute atomic E-state index is 4.77. The van der Waals surface area contributed by atoms with Crippen molar-refractivity contribution in [2.75, 3.05) is 0 Å². The summed E-state index contributed by atoms with van der Waals surface area (Å²) >= 11 is 0. The zero-order valence-electron chi connectivity index (χ0n) is 13.4. The first-order chi connectivity index (χ1) is 10.1. The van der Waals surface area contributed by atoms with Crippen LogP contribution in [0.15, 0.2) is 60.2 Å². The summed E-state index contributed by atoms with van der Waals surface area (Å²) in [6.45, 7) is 8.44. The Labute approximate surface area is 128 Å². The van der Waals surface area contributed by atoms with Crippen LogP contribution in [-0.2, 0) is 6.42 Å². The van der Waals surface area contributed by atoms with Crippen LogP contribution >= 0.6 is 0 Å². The molecule has 0 atom stereocenters. The lowest BCUT2D eigenvalue weighted by molar-refractivity contribution is 1.11. The lowest BCUT2D eigenvalue weighted by Gasteiger charge is -2.06. The first kappa shape index (κ1) is 15.2. The monoisotopic (exact) mass is 277 g/mol. The SMILES string of the molecule is C/C=C(C)\C=C/Cc1cccc(-c2ccc(C)c(C)c2)n1. The number of nitrogens with zero attached hydrogens (tertiary/aromatic N) is 1. The maximum atomic E-state index is 4.77. The highest BCUT2D eigenvalue weighted by molar-refractivity contribution is 5.61. The molecule has 0 aliphatic heterocycles. The first-order valence-electron chi connectivity index (χ1n) is 7.43. The summed E-state index contributed by atoms with van der Waals surface area (Å²) in [4.78, 5) is 4.77. The number of hydrogen-bond acceptors (Lipinski definition) is 1. The highest BCUT2D eigenvalue weighted by Gasteiger charge is 2.02. The van der Waals surface area contributed by atoms with Gasteiger partial charge in [-0.15, -0.1) is 0 Å². The van der Waals surface area contributed by atoms with Crippen LogP contribution in [0, 0.1) is 13.8 Å². The summed E-state index contributed by atoms with van der Waals surface area (Å²) in [7, 11) is 0. The molecular formula is C20H23N. The third-order valence-electron chi connectivity index (χ3n) is 3.77. The smallest absolute Gasteiger partial charge is 0.0705 e. The van der Waals surface area contributed by atoms with Gasteiger partial charge in [0.05, 0.1) is 5.69 Å². The number of aromatic nitrogens is 1. The zero-order valence-corrected chi connectivity index (χ0v) is 13.4. The van der Waals surface area contributed by atoms with Crippen LogP contribution in [0.2, 0.25) is 0 Å². The van der Waals surface area contributed by atoms with E-state index in [4.69, 9.17) is 4.98 Å². The van der Waals surface area contributed by atoms with E-state index in [-0.39, 0.29) is 0 Å². The number of benzene rings is 1. The van der Waals surface area contributed by atoms with E-state index in [0.29, 0.717) is 0 Å². The molecule has 0 saturated carbocycles. The summed E-state index contributed by atoms with van der Waals surface area (Å²) in [5, 5.41) is 0. The van der Waals surface area contributed by atoms with Gasteiger partial charge in [0.2, 0.25) is 0 Å². The molecule has 0 unspecified atom stereocenters. The Balaban J connectivity index is 2.21. The van der Waals surface area contributed by atoms with Gasteiger partial charge in [-0.05, 0) is 57.0 Å². The molecule has 2 rings (SSSR count). The molecule has 0 N–H and O–H groups in total. The molecule has 0 spiro atoms. The van der Waals surface area contributed by atoms with Gasteiger partial charge in [0.25, 0.3) is 0 Å². The number of pyridine rings is 1. The Kier molecular flexibility index (Phi) is 5.10. The van der Waals surface area contributed by atoms with Gasteiger partial charge in [-0.1, -0.05) is 42.0 Å². The van der Waals surface area contributed by atoms with Gasteiger partial charge in [-0.2, -0.15) is 0 Å². The minimum absolute atomic E-state index is 0.865. The second kappa shape index (κ2) is 7.03. The fraction of sp³-hybridized carbons (Fsp3) is 0.250. The van der Waals surface area contributed by atoms with Crippen molar-refractivity contribution < 1.29 is 0 Å². The molecule has 0 aliphatic carbocycles. The van der Waals surface area contributed by atoms with Crippen LogP contribution in [0.5, 0.6) is 0 Å². The van der Waals surface area contributed by atoms with E-state index >= 15 is 0 Å². The Morgan fingerprint density at radius 2 is 1.90 bits per heavy atom. The molecule has 1 aromatic carbocycles. The van der Waals surface area contributed by atoms with Crippen molar-refractivity contribution >= 4 is 0 Å². The highest BCUT2D eigenvalue weighted by atomic mass is 14.7. The van der Waals surface area contributed by atoms with Crippen LogP contribution in [0.4, 0.5) is 0 Å². The van der Waals surface area contributed by atoms with E-state index < -0.39 is 0 Å². The molecule has 2 aromatic rings. The molecule has 0 fully saturated rings. The molecule has 0 amide bonds. The predicted octanol–water partition coefficient (Wildman–Crippen LogP) is 5.43. The van der Waals surface area contributed by atoms with E-state index in [1.165, 1.54) is 22.3 Å². The largest absolute Gasteiger partial charge is 0.253 e. The fourth-order valence-corrected chi connectivity index (χ4v) is 2.12. The first-order valence-corrected chi connectivity index (χ1v) is 7.43. The molecule has 0 saturated heterocycles. The molecule has 21 heavy (non-hydrogen) atoms. The summed E-state index contributed by atoms with van der Waals surface area (Å²) in [6, 6.07) is 12.8. The Morgan fingerprint density at radius 3 is 2.62 bits per heavy atom. The molecule has 0 radical (unpaired) electrons. The standard InChI is InChI=1S/C20H23N/c1-5-15(2)8-6-9-19-10-7-11-20(21-19)18-13-12-16(3)17(4)14-18/h5-8,10-14H,9H2,1-4H3/b8-6-,15-5-. The lowest BCUT2D eigenvalue weighted by atomic mass is 10.0. The van der Waals surface area contributed by atoms with Crippen molar-refractivity contribution in [3.8, 4) is 11.3 Å². The van der Waals surface area contributed by atoms with Crippen molar-refractivity contribution in [2.24, 2.45) is 0 Å². The van der Waals surface area contributed by atoms with Crippen LogP contribution in [0.1, 0.15) is 30.7 Å². The highest BCUT2D eigenvalue weighted by Crippen LogP contribution is 2.20. The number of hydrogen-bond donors (Lipinski definition) is 0. The van der Waals surface area contributed by atoms with Crippen LogP contribution in [0.25, 0.3) is 11.3 Å². The van der Waals surface area contributed by atoms with Crippen LogP contribution in [-0.4, -0.2) is 4.98 Å². The van der Waals surface area contributed by atoms with Crippen molar-refractivity contribution in [1.82, 2.24) is 4.98 Å². The molecule has 1 heteroatoms. The van der Waals surface area contributed by atoms with Gasteiger partial charge < -0.3 is 0 Å². The Bertz CT molecular complexity index is 678. The summed E-state index contributed by atoms with van der Waals surface area (Å²) < 4.78 is 0. The normalized spacial score (nSPS) is 12.1. The lowest BCUT2D eigenvalue weighted by Crippen LogP contribution is -1.91. The van der Waals surface area contributed by atoms with Gasteiger partial charge in [0, 0.05) is 17.7 Å². The van der Waals surface area contributed by atoms with Crippen LogP contribution < -0.4 is 0 Å². The Hall–Kier alpha value is -2.15. The van der Waals surface area contributed by atoms with Gasteiger partial charge in [-0.3, -0.25) is 4.98 Å². The molecular weight excluding hydrogens is 254 g/mol. The zero-order chi connectivity index (χ0) is 15.2. The molecule has 108 valence electrons. The van der Waals surface area contributed by atoms with E-state index in [1.807, 2.05) is 0 Å². The second-order valence-electron chi connectivity index (χ2n) is 5.45. The molecule has 0 bridgehead atoms. The minimum atomic E-state index is 0.865. The third kappa shape index (κ3) is 4.16. The average Bonchev–Trinajstić information content (AvgIpc) is 2.50. The maximum Gasteiger partial charge on any atom is 0.0705 e.